The van der Waals surface area contributed by atoms with E-state index >= 15 is 0 Å². The molecule has 3 nitrogen and oxygen atoms in total. The summed E-state index contributed by atoms with van der Waals surface area (Å²) < 4.78 is 5.43. The van der Waals surface area contributed by atoms with Gasteiger partial charge in [-0.1, -0.05) is 24.3 Å². The number of hydrogen-bond donors (Lipinski definition) is 1. The molecule has 2 rings (SSSR count). The van der Waals surface area contributed by atoms with Crippen LogP contribution in [0, 0.1) is 0 Å². The van der Waals surface area contributed by atoms with Gasteiger partial charge in [0, 0.05) is 32.3 Å². The summed E-state index contributed by atoms with van der Waals surface area (Å²) in [6.07, 6.45) is 1.12. The Morgan fingerprint density at radius 1 is 1.41 bits per heavy atom. The summed E-state index contributed by atoms with van der Waals surface area (Å²) in [5.74, 6) is 0. The van der Waals surface area contributed by atoms with Crippen molar-refractivity contribution in [2.45, 2.75) is 19.4 Å². The molecule has 0 spiro atoms. The van der Waals surface area contributed by atoms with Crippen molar-refractivity contribution in [1.29, 1.82) is 0 Å². The number of hydrogen-bond acceptors (Lipinski definition) is 3. The molecule has 2 N–H and O–H groups in total. The highest BCUT2D eigenvalue weighted by molar-refractivity contribution is 5.32. The van der Waals surface area contributed by atoms with Crippen molar-refractivity contribution in [1.82, 2.24) is 4.90 Å². The minimum Gasteiger partial charge on any atom is -0.380 e. The second-order valence-corrected chi connectivity index (χ2v) is 4.43. The largest absolute Gasteiger partial charge is 0.380 e. The summed E-state index contributed by atoms with van der Waals surface area (Å²) in [6, 6.07) is 9.01. The van der Waals surface area contributed by atoms with Gasteiger partial charge in [0.15, 0.2) is 0 Å². The first-order valence-corrected chi connectivity index (χ1v) is 6.46. The van der Waals surface area contributed by atoms with Gasteiger partial charge in [-0.3, -0.25) is 4.90 Å². The zero-order valence-electron chi connectivity index (χ0n) is 10.6. The molecule has 0 saturated carbocycles. The molecule has 1 aliphatic heterocycles. The Morgan fingerprint density at radius 2 is 2.24 bits per heavy atom. The molecule has 0 aliphatic carbocycles. The number of benzene rings is 1. The molecule has 0 fully saturated rings. The van der Waals surface area contributed by atoms with Gasteiger partial charge in [-0.25, -0.2) is 0 Å². The first-order chi connectivity index (χ1) is 8.36. The van der Waals surface area contributed by atoms with Gasteiger partial charge in [-0.2, -0.15) is 0 Å². The average Bonchev–Trinajstić information content (AvgIpc) is 2.38. The Kier molecular flexibility index (Phi) is 4.54. The maximum atomic E-state index is 5.93. The predicted octanol–water partition coefficient (Wildman–Crippen LogP) is 1.58. The van der Waals surface area contributed by atoms with E-state index in [0.29, 0.717) is 12.6 Å². The lowest BCUT2D eigenvalue weighted by Gasteiger charge is -2.36. The molecule has 1 unspecified atom stereocenters. The molecule has 17 heavy (non-hydrogen) atoms. The van der Waals surface area contributed by atoms with Gasteiger partial charge in [-0.05, 0) is 24.5 Å². The van der Waals surface area contributed by atoms with Crippen molar-refractivity contribution >= 4 is 0 Å². The fourth-order valence-corrected chi connectivity index (χ4v) is 2.57. The van der Waals surface area contributed by atoms with E-state index in [9.17, 15) is 0 Å². The van der Waals surface area contributed by atoms with E-state index in [1.807, 2.05) is 6.92 Å². The molecular formula is C14H22N2O. The van der Waals surface area contributed by atoms with E-state index in [4.69, 9.17) is 10.5 Å². The molecule has 3 heteroatoms. The highest BCUT2D eigenvalue weighted by Gasteiger charge is 2.25. The third-order valence-electron chi connectivity index (χ3n) is 3.47. The Bertz CT molecular complexity index is 354. The smallest absolute Gasteiger partial charge is 0.0593 e. The van der Waals surface area contributed by atoms with Crippen LogP contribution in [-0.2, 0) is 11.2 Å². The summed E-state index contributed by atoms with van der Waals surface area (Å²) in [4.78, 5) is 2.44. The lowest BCUT2D eigenvalue weighted by atomic mass is 9.92. The van der Waals surface area contributed by atoms with Crippen LogP contribution in [0.15, 0.2) is 24.3 Å². The van der Waals surface area contributed by atoms with Gasteiger partial charge >= 0.3 is 0 Å². The minimum absolute atomic E-state index is 0.361. The van der Waals surface area contributed by atoms with Gasteiger partial charge in [0.2, 0.25) is 0 Å². The van der Waals surface area contributed by atoms with Crippen molar-refractivity contribution < 1.29 is 4.74 Å². The zero-order valence-corrected chi connectivity index (χ0v) is 10.6. The highest BCUT2D eigenvalue weighted by Crippen LogP contribution is 2.28. The normalized spacial score (nSPS) is 20.2. The molecule has 94 valence electrons. The maximum Gasteiger partial charge on any atom is 0.0593 e. The molecular weight excluding hydrogens is 212 g/mol. The number of nitrogens with two attached hydrogens (primary N) is 1. The van der Waals surface area contributed by atoms with Gasteiger partial charge in [0.05, 0.1) is 6.61 Å². The topological polar surface area (TPSA) is 38.5 Å². The second-order valence-electron chi connectivity index (χ2n) is 4.43. The quantitative estimate of drug-likeness (QED) is 0.786. The van der Waals surface area contributed by atoms with Crippen molar-refractivity contribution in [2.24, 2.45) is 5.73 Å². The SMILES string of the molecule is CCOCCN1CCc2ccccc2C1CN. The summed E-state index contributed by atoms with van der Waals surface area (Å²) in [7, 11) is 0. The third-order valence-corrected chi connectivity index (χ3v) is 3.47. The summed E-state index contributed by atoms with van der Waals surface area (Å²) in [6.45, 7) is 6.37. The van der Waals surface area contributed by atoms with Crippen molar-refractivity contribution in [2.75, 3.05) is 32.8 Å². The molecule has 0 amide bonds. The van der Waals surface area contributed by atoms with Gasteiger partial charge in [-0.15, -0.1) is 0 Å². The Morgan fingerprint density at radius 3 is 3.00 bits per heavy atom. The standard InChI is InChI=1S/C14H22N2O/c1-2-17-10-9-16-8-7-12-5-3-4-6-13(12)14(16)11-15/h3-6,14H,2,7-11,15H2,1H3. The van der Waals surface area contributed by atoms with E-state index in [2.05, 4.69) is 29.2 Å². The summed E-state index contributed by atoms with van der Waals surface area (Å²) in [5.41, 5.74) is 8.79. The van der Waals surface area contributed by atoms with Crippen LogP contribution >= 0.6 is 0 Å². The molecule has 0 bridgehead atoms. The van der Waals surface area contributed by atoms with Crippen molar-refractivity contribution in [3.8, 4) is 0 Å². The molecule has 0 radical (unpaired) electrons. The lowest BCUT2D eigenvalue weighted by molar-refractivity contribution is 0.0915. The van der Waals surface area contributed by atoms with Crippen molar-refractivity contribution in [3.05, 3.63) is 35.4 Å². The van der Waals surface area contributed by atoms with Crippen LogP contribution in [0.4, 0.5) is 0 Å². The number of ether oxygens (including phenoxy) is 1. The van der Waals surface area contributed by atoms with E-state index in [-0.39, 0.29) is 0 Å². The van der Waals surface area contributed by atoms with E-state index in [1.165, 1.54) is 11.1 Å². The zero-order chi connectivity index (χ0) is 12.1. The molecule has 0 saturated heterocycles. The van der Waals surface area contributed by atoms with Crippen LogP contribution in [0.1, 0.15) is 24.1 Å². The fraction of sp³-hybridized carbons (Fsp3) is 0.571. The molecule has 1 aromatic rings. The molecule has 0 aromatic heterocycles. The Labute approximate surface area is 104 Å². The lowest BCUT2D eigenvalue weighted by Crippen LogP contribution is -2.41. The summed E-state index contributed by atoms with van der Waals surface area (Å²) >= 11 is 0. The first kappa shape index (κ1) is 12.6. The van der Waals surface area contributed by atoms with Crippen LogP contribution in [0.5, 0.6) is 0 Å². The van der Waals surface area contributed by atoms with Crippen LogP contribution in [0.3, 0.4) is 0 Å². The number of fused-ring (bicyclic) bond motifs is 1. The minimum atomic E-state index is 0.361. The molecule has 1 atom stereocenters. The fourth-order valence-electron chi connectivity index (χ4n) is 2.57. The maximum absolute atomic E-state index is 5.93. The van der Waals surface area contributed by atoms with E-state index < -0.39 is 0 Å². The number of rotatable bonds is 5. The van der Waals surface area contributed by atoms with Crippen LogP contribution < -0.4 is 5.73 Å². The van der Waals surface area contributed by atoms with E-state index in [1.54, 1.807) is 0 Å². The third kappa shape index (κ3) is 2.86. The van der Waals surface area contributed by atoms with Gasteiger partial charge in [0.25, 0.3) is 0 Å². The molecule has 1 aliphatic rings. The monoisotopic (exact) mass is 234 g/mol. The van der Waals surface area contributed by atoms with E-state index in [0.717, 1.165) is 32.7 Å². The molecule has 1 aromatic carbocycles. The second kappa shape index (κ2) is 6.15. The van der Waals surface area contributed by atoms with Gasteiger partial charge in [0.1, 0.15) is 0 Å². The highest BCUT2D eigenvalue weighted by atomic mass is 16.5. The van der Waals surface area contributed by atoms with Crippen molar-refractivity contribution in [3.63, 3.8) is 0 Å². The Hall–Kier alpha value is -0.900. The van der Waals surface area contributed by atoms with Crippen LogP contribution in [0.2, 0.25) is 0 Å². The van der Waals surface area contributed by atoms with Crippen LogP contribution in [0.25, 0.3) is 0 Å². The predicted molar refractivity (Wildman–Crippen MR) is 70.0 cm³/mol. The van der Waals surface area contributed by atoms with Crippen LogP contribution in [-0.4, -0.2) is 37.7 Å². The van der Waals surface area contributed by atoms with Gasteiger partial charge < -0.3 is 10.5 Å². The number of nitrogens with zero attached hydrogens (tertiary/aromatic N) is 1. The Balaban J connectivity index is 2.06. The summed E-state index contributed by atoms with van der Waals surface area (Å²) in [5, 5.41) is 0. The molecule has 1 heterocycles. The average molecular weight is 234 g/mol. The first-order valence-electron chi connectivity index (χ1n) is 6.46.